The maximum Gasteiger partial charge on any atom is 0.246 e. The highest BCUT2D eigenvalue weighted by Gasteiger charge is 2.76. The van der Waals surface area contributed by atoms with Crippen molar-refractivity contribution in [2.75, 3.05) is 7.11 Å². The first kappa shape index (κ1) is 27.2. The van der Waals surface area contributed by atoms with Crippen molar-refractivity contribution in [3.05, 3.63) is 76.8 Å². The van der Waals surface area contributed by atoms with E-state index in [1.54, 1.807) is 24.1 Å². The molecule has 206 valence electrons. The van der Waals surface area contributed by atoms with Crippen LogP contribution in [0, 0.1) is 11.8 Å². The third-order valence-corrected chi connectivity index (χ3v) is 7.97. The summed E-state index contributed by atoms with van der Waals surface area (Å²) in [7, 11) is 1.60. The van der Waals surface area contributed by atoms with Gasteiger partial charge in [-0.15, -0.1) is 0 Å². The van der Waals surface area contributed by atoms with Crippen LogP contribution in [0.2, 0.25) is 5.02 Å². The van der Waals surface area contributed by atoms with Crippen molar-refractivity contribution >= 4 is 29.3 Å². The van der Waals surface area contributed by atoms with Crippen LogP contribution in [0.25, 0.3) is 0 Å². The fraction of sp³-hybridized carbons (Fsp3) is 0.433. The number of benzene rings is 2. The number of hydrogen-bond donors (Lipinski definition) is 2. The Kier molecular flexibility index (Phi) is 6.75. The highest BCUT2D eigenvalue weighted by Crippen LogP contribution is 2.59. The second kappa shape index (κ2) is 9.68. The third kappa shape index (κ3) is 4.80. The number of ether oxygens (including phenoxy) is 2. The van der Waals surface area contributed by atoms with E-state index in [4.69, 9.17) is 21.1 Å². The van der Waals surface area contributed by atoms with Crippen LogP contribution in [0.4, 0.5) is 0 Å². The number of nitrogens with zero attached hydrogens (tertiary/aromatic N) is 1. The molecule has 0 aromatic heterocycles. The molecule has 8 nitrogen and oxygen atoms in total. The summed E-state index contributed by atoms with van der Waals surface area (Å²) in [5.74, 6) is -1.80. The molecule has 5 rings (SSSR count). The SMILES string of the molecule is COc1ccc(CNC(=O)[C@@H]2[C@@H]3C(=O)N(Cc4ccc(Cl)cc4)[C@@H](C(=O)NC(C)(C)C)[C@@]34C=C[C@@]2(C)O4)cc1. The van der Waals surface area contributed by atoms with Gasteiger partial charge in [0.25, 0.3) is 0 Å². The van der Waals surface area contributed by atoms with Gasteiger partial charge in [0.1, 0.15) is 17.4 Å². The van der Waals surface area contributed by atoms with E-state index in [1.165, 1.54) is 0 Å². The molecule has 2 saturated heterocycles. The van der Waals surface area contributed by atoms with Crippen molar-refractivity contribution < 1.29 is 23.9 Å². The first-order valence-electron chi connectivity index (χ1n) is 13.0. The lowest BCUT2D eigenvalue weighted by atomic mass is 9.70. The van der Waals surface area contributed by atoms with Gasteiger partial charge in [-0.1, -0.05) is 48.0 Å². The maximum atomic E-state index is 14.1. The van der Waals surface area contributed by atoms with E-state index in [0.29, 0.717) is 5.02 Å². The molecule has 3 aliphatic heterocycles. The first-order valence-corrected chi connectivity index (χ1v) is 13.4. The molecule has 3 amide bonds. The molecule has 0 unspecified atom stereocenters. The van der Waals surface area contributed by atoms with E-state index >= 15 is 0 Å². The predicted octanol–water partition coefficient (Wildman–Crippen LogP) is 3.62. The van der Waals surface area contributed by atoms with Gasteiger partial charge in [0.15, 0.2) is 0 Å². The summed E-state index contributed by atoms with van der Waals surface area (Å²) in [6.45, 7) is 7.95. The van der Waals surface area contributed by atoms with Crippen LogP contribution < -0.4 is 15.4 Å². The van der Waals surface area contributed by atoms with Gasteiger partial charge in [0, 0.05) is 23.7 Å². The quantitative estimate of drug-likeness (QED) is 0.512. The lowest BCUT2D eigenvalue weighted by Crippen LogP contribution is -2.57. The Morgan fingerprint density at radius 1 is 1.03 bits per heavy atom. The van der Waals surface area contributed by atoms with Gasteiger partial charge < -0.3 is 25.0 Å². The molecule has 2 aromatic carbocycles. The second-order valence-electron chi connectivity index (χ2n) is 11.7. The largest absolute Gasteiger partial charge is 0.497 e. The fourth-order valence-corrected chi connectivity index (χ4v) is 6.19. The summed E-state index contributed by atoms with van der Waals surface area (Å²) in [6.07, 6.45) is 3.65. The van der Waals surface area contributed by atoms with Crippen LogP contribution in [0.15, 0.2) is 60.7 Å². The number of carbonyl (C=O) groups is 3. The zero-order valence-corrected chi connectivity index (χ0v) is 23.5. The fourth-order valence-electron chi connectivity index (χ4n) is 6.07. The standard InChI is InChI=1S/C30H34ClN3O5/c1-28(2,3)33-26(36)24-30-15-14-29(4,39-30)22(25(35)32-16-18-8-12-21(38-5)13-9-18)23(30)27(37)34(24)17-19-6-10-20(31)11-7-19/h6-15,22-24H,16-17H2,1-5H3,(H,32,35)(H,33,36)/t22-,23+,24-,29+,30+/m0/s1. The molecule has 5 atom stereocenters. The zero-order chi connectivity index (χ0) is 28.2. The molecular weight excluding hydrogens is 518 g/mol. The van der Waals surface area contributed by atoms with Crippen LogP contribution in [0.1, 0.15) is 38.8 Å². The minimum Gasteiger partial charge on any atom is -0.497 e. The number of carbonyl (C=O) groups excluding carboxylic acids is 3. The summed E-state index contributed by atoms with van der Waals surface area (Å²) in [5, 5.41) is 6.60. The minimum atomic E-state index is -1.25. The topological polar surface area (TPSA) is 97.0 Å². The van der Waals surface area contributed by atoms with Crippen molar-refractivity contribution in [1.29, 1.82) is 0 Å². The first-order chi connectivity index (χ1) is 18.4. The Bertz CT molecular complexity index is 1320. The molecular formula is C30H34ClN3O5. The molecule has 1 spiro atoms. The predicted molar refractivity (Wildman–Crippen MR) is 147 cm³/mol. The molecule has 3 heterocycles. The number of nitrogens with one attached hydrogen (secondary N) is 2. The summed E-state index contributed by atoms with van der Waals surface area (Å²) in [6, 6.07) is 13.6. The molecule has 2 N–H and O–H groups in total. The lowest BCUT2D eigenvalue weighted by molar-refractivity contribution is -0.146. The van der Waals surface area contributed by atoms with Crippen LogP contribution in [0.3, 0.4) is 0 Å². The van der Waals surface area contributed by atoms with Crippen LogP contribution >= 0.6 is 11.6 Å². The van der Waals surface area contributed by atoms with Crippen molar-refractivity contribution in [2.45, 2.75) is 63.6 Å². The number of amides is 3. The van der Waals surface area contributed by atoms with Crippen molar-refractivity contribution in [1.82, 2.24) is 15.5 Å². The van der Waals surface area contributed by atoms with Crippen LogP contribution in [-0.4, -0.2) is 52.5 Å². The Balaban J connectivity index is 1.46. The van der Waals surface area contributed by atoms with E-state index in [-0.39, 0.29) is 30.8 Å². The number of rotatable bonds is 7. The van der Waals surface area contributed by atoms with Gasteiger partial charge in [-0.3, -0.25) is 14.4 Å². The average Bonchev–Trinajstić information content (AvgIpc) is 3.44. The smallest absolute Gasteiger partial charge is 0.246 e. The van der Waals surface area contributed by atoms with Gasteiger partial charge in [0.2, 0.25) is 17.7 Å². The zero-order valence-electron chi connectivity index (χ0n) is 22.8. The van der Waals surface area contributed by atoms with Gasteiger partial charge in [-0.05, 0) is 63.1 Å². The molecule has 2 aromatic rings. The second-order valence-corrected chi connectivity index (χ2v) is 12.2. The van der Waals surface area contributed by atoms with E-state index in [9.17, 15) is 14.4 Å². The summed E-state index contributed by atoms with van der Waals surface area (Å²) in [4.78, 5) is 43.2. The van der Waals surface area contributed by atoms with E-state index in [2.05, 4.69) is 10.6 Å². The highest BCUT2D eigenvalue weighted by atomic mass is 35.5. The van der Waals surface area contributed by atoms with Gasteiger partial charge >= 0.3 is 0 Å². The van der Waals surface area contributed by atoms with Crippen LogP contribution in [0.5, 0.6) is 5.75 Å². The van der Waals surface area contributed by atoms with E-state index in [1.807, 2.05) is 76.2 Å². The third-order valence-electron chi connectivity index (χ3n) is 7.72. The molecule has 0 radical (unpaired) electrons. The highest BCUT2D eigenvalue weighted by molar-refractivity contribution is 6.30. The molecule has 3 aliphatic rings. The molecule has 0 aliphatic carbocycles. The van der Waals surface area contributed by atoms with E-state index < -0.39 is 34.6 Å². The Labute approximate surface area is 233 Å². The van der Waals surface area contributed by atoms with Gasteiger partial charge in [-0.25, -0.2) is 0 Å². The molecule has 2 fully saturated rings. The molecule has 0 saturated carbocycles. The van der Waals surface area contributed by atoms with E-state index in [0.717, 1.165) is 16.9 Å². The number of methoxy groups -OCH3 is 1. The van der Waals surface area contributed by atoms with Crippen molar-refractivity contribution in [2.24, 2.45) is 11.8 Å². The number of likely N-dealkylation sites (tertiary alicyclic amines) is 1. The lowest BCUT2D eigenvalue weighted by Gasteiger charge is -2.35. The Morgan fingerprint density at radius 3 is 2.28 bits per heavy atom. The van der Waals surface area contributed by atoms with Gasteiger partial charge in [0.05, 0.1) is 24.5 Å². The molecule has 39 heavy (non-hydrogen) atoms. The normalized spacial score (nSPS) is 28.9. The summed E-state index contributed by atoms with van der Waals surface area (Å²) < 4.78 is 11.8. The minimum absolute atomic E-state index is 0.185. The number of fused-ring (bicyclic) bond motifs is 1. The monoisotopic (exact) mass is 551 g/mol. The Morgan fingerprint density at radius 2 is 1.67 bits per heavy atom. The average molecular weight is 552 g/mol. The van der Waals surface area contributed by atoms with Crippen molar-refractivity contribution in [3.63, 3.8) is 0 Å². The summed E-state index contributed by atoms with van der Waals surface area (Å²) in [5.41, 5.74) is -1.08. The number of hydrogen-bond acceptors (Lipinski definition) is 5. The van der Waals surface area contributed by atoms with Gasteiger partial charge in [-0.2, -0.15) is 0 Å². The maximum absolute atomic E-state index is 14.1. The van der Waals surface area contributed by atoms with Crippen molar-refractivity contribution in [3.8, 4) is 5.75 Å². The molecule has 2 bridgehead atoms. The number of halogens is 1. The molecule has 9 heteroatoms. The van der Waals surface area contributed by atoms with Crippen LogP contribution in [-0.2, 0) is 32.2 Å². The summed E-state index contributed by atoms with van der Waals surface area (Å²) >= 11 is 6.07. The Hall–Kier alpha value is -3.36.